The summed E-state index contributed by atoms with van der Waals surface area (Å²) in [4.78, 5) is 30.5. The van der Waals surface area contributed by atoms with Crippen molar-refractivity contribution >= 4 is 29.1 Å². The lowest BCUT2D eigenvalue weighted by molar-refractivity contribution is -0.128. The van der Waals surface area contributed by atoms with Crippen LogP contribution in [0.25, 0.3) is 11.1 Å². The summed E-state index contributed by atoms with van der Waals surface area (Å²) < 4.78 is 19.9. The molecule has 3 amide bonds. The molecular weight excluding hydrogens is 441 g/mol. The van der Waals surface area contributed by atoms with E-state index in [-0.39, 0.29) is 30.3 Å². The number of thiocarbonyl (C=S) groups is 1. The van der Waals surface area contributed by atoms with Crippen LogP contribution in [0.1, 0.15) is 30.4 Å². The molecule has 2 saturated heterocycles. The SMILES string of the molecule is O=C1CN(Cc2ccc(-c3ccc(F)c(C(=S)N4CCOCC4)c3)cc2)C(=O)N1C1CCC1. The third kappa shape index (κ3) is 4.37. The van der Waals surface area contributed by atoms with Gasteiger partial charge >= 0.3 is 6.03 Å². The zero-order chi connectivity index (χ0) is 22.9. The average molecular weight is 468 g/mol. The van der Waals surface area contributed by atoms with Crippen LogP contribution in [0.15, 0.2) is 42.5 Å². The van der Waals surface area contributed by atoms with Crippen molar-refractivity contribution in [2.45, 2.75) is 31.8 Å². The zero-order valence-corrected chi connectivity index (χ0v) is 19.2. The number of carbonyl (C=O) groups is 2. The van der Waals surface area contributed by atoms with E-state index >= 15 is 0 Å². The Bertz CT molecular complexity index is 1080. The van der Waals surface area contributed by atoms with E-state index in [9.17, 15) is 14.0 Å². The molecule has 0 N–H and O–H groups in total. The van der Waals surface area contributed by atoms with Gasteiger partial charge < -0.3 is 14.5 Å². The molecule has 33 heavy (non-hydrogen) atoms. The van der Waals surface area contributed by atoms with Gasteiger partial charge in [-0.25, -0.2) is 9.18 Å². The highest BCUT2D eigenvalue weighted by atomic mass is 32.1. The number of urea groups is 1. The van der Waals surface area contributed by atoms with E-state index in [1.165, 1.54) is 11.0 Å². The molecule has 172 valence electrons. The minimum Gasteiger partial charge on any atom is -0.378 e. The van der Waals surface area contributed by atoms with Crippen LogP contribution in [-0.4, -0.2) is 70.5 Å². The number of halogens is 1. The number of rotatable bonds is 5. The molecule has 0 radical (unpaired) electrons. The molecule has 8 heteroatoms. The van der Waals surface area contributed by atoms with E-state index in [0.29, 0.717) is 43.4 Å². The Morgan fingerprint density at radius 2 is 1.73 bits per heavy atom. The van der Waals surface area contributed by atoms with Gasteiger partial charge in [-0.1, -0.05) is 42.5 Å². The molecule has 2 aliphatic heterocycles. The third-order valence-electron chi connectivity index (χ3n) is 6.67. The van der Waals surface area contributed by atoms with Gasteiger partial charge in [0.15, 0.2) is 0 Å². The van der Waals surface area contributed by atoms with Crippen molar-refractivity contribution in [3.05, 3.63) is 59.4 Å². The van der Waals surface area contributed by atoms with E-state index in [0.717, 1.165) is 36.0 Å². The smallest absolute Gasteiger partial charge is 0.327 e. The Morgan fingerprint density at radius 1 is 1.03 bits per heavy atom. The second-order valence-electron chi connectivity index (χ2n) is 8.78. The number of ether oxygens (including phenoxy) is 1. The Kier molecular flexibility index (Phi) is 6.12. The predicted octanol–water partition coefficient (Wildman–Crippen LogP) is 3.82. The number of hydrogen-bond donors (Lipinski definition) is 0. The molecule has 1 saturated carbocycles. The van der Waals surface area contributed by atoms with Gasteiger partial charge in [0, 0.05) is 31.2 Å². The van der Waals surface area contributed by atoms with Crippen LogP contribution < -0.4 is 0 Å². The van der Waals surface area contributed by atoms with Crippen molar-refractivity contribution in [3.63, 3.8) is 0 Å². The van der Waals surface area contributed by atoms with Crippen molar-refractivity contribution in [2.75, 3.05) is 32.8 Å². The first-order chi connectivity index (χ1) is 16.0. The molecule has 0 atom stereocenters. The van der Waals surface area contributed by atoms with Gasteiger partial charge in [-0.05, 0) is 48.1 Å². The standard InChI is InChI=1S/C25H26FN3O3S/c26-22-9-8-19(14-21(22)24(33)27-10-12-32-13-11-27)18-6-4-17(5-7-18)15-28-16-23(30)29(25(28)31)20-2-1-3-20/h4-9,14,20H,1-3,10-13,15-16H2. The van der Waals surface area contributed by atoms with E-state index in [1.54, 1.807) is 17.0 Å². The van der Waals surface area contributed by atoms with E-state index in [2.05, 4.69) is 0 Å². The quantitative estimate of drug-likeness (QED) is 0.494. The fourth-order valence-electron chi connectivity index (χ4n) is 4.52. The van der Waals surface area contributed by atoms with Gasteiger partial charge in [0.25, 0.3) is 5.91 Å². The molecule has 0 unspecified atom stereocenters. The number of hydrogen-bond acceptors (Lipinski definition) is 4. The molecule has 6 nitrogen and oxygen atoms in total. The molecule has 0 bridgehead atoms. The molecule has 2 aromatic rings. The molecule has 3 fully saturated rings. The van der Waals surface area contributed by atoms with Crippen molar-refractivity contribution in [1.29, 1.82) is 0 Å². The fourth-order valence-corrected chi connectivity index (χ4v) is 4.86. The van der Waals surface area contributed by atoms with Crippen LogP contribution in [-0.2, 0) is 16.1 Å². The molecule has 1 aliphatic carbocycles. The molecule has 2 heterocycles. The Labute approximate surface area is 197 Å². The van der Waals surface area contributed by atoms with Crippen molar-refractivity contribution in [2.24, 2.45) is 0 Å². The molecule has 0 spiro atoms. The first-order valence-electron chi connectivity index (χ1n) is 11.4. The van der Waals surface area contributed by atoms with Gasteiger partial charge in [0.05, 0.1) is 13.2 Å². The van der Waals surface area contributed by atoms with Gasteiger partial charge in [-0.3, -0.25) is 9.69 Å². The summed E-state index contributed by atoms with van der Waals surface area (Å²) in [5.41, 5.74) is 3.18. The first kappa shape index (κ1) is 22.0. The molecule has 0 aromatic heterocycles. The number of imide groups is 1. The Hall–Kier alpha value is -2.84. The van der Waals surface area contributed by atoms with Crippen LogP contribution in [0.3, 0.4) is 0 Å². The maximum atomic E-state index is 14.6. The van der Waals surface area contributed by atoms with Crippen molar-refractivity contribution < 1.29 is 18.7 Å². The Balaban J connectivity index is 1.29. The van der Waals surface area contributed by atoms with Gasteiger partial charge in [-0.15, -0.1) is 0 Å². The summed E-state index contributed by atoms with van der Waals surface area (Å²) in [6, 6.07) is 12.7. The largest absolute Gasteiger partial charge is 0.378 e. The topological polar surface area (TPSA) is 53.1 Å². The number of benzene rings is 2. The maximum Gasteiger partial charge on any atom is 0.327 e. The normalized spacial score (nSPS) is 19.2. The van der Waals surface area contributed by atoms with Crippen LogP contribution in [0.5, 0.6) is 0 Å². The zero-order valence-electron chi connectivity index (χ0n) is 18.3. The summed E-state index contributed by atoms with van der Waals surface area (Å²) in [7, 11) is 0. The van der Waals surface area contributed by atoms with Gasteiger partial charge in [0.2, 0.25) is 0 Å². The number of morpholine rings is 1. The summed E-state index contributed by atoms with van der Waals surface area (Å²) >= 11 is 5.56. The van der Waals surface area contributed by atoms with E-state index < -0.39 is 0 Å². The number of carbonyl (C=O) groups excluding carboxylic acids is 2. The lowest BCUT2D eigenvalue weighted by atomic mass is 9.92. The van der Waals surface area contributed by atoms with Crippen LogP contribution >= 0.6 is 12.2 Å². The fraction of sp³-hybridized carbons (Fsp3) is 0.400. The van der Waals surface area contributed by atoms with Crippen molar-refractivity contribution in [3.8, 4) is 11.1 Å². The molecule has 5 rings (SSSR count). The molecule has 3 aliphatic rings. The lowest BCUT2D eigenvalue weighted by Crippen LogP contribution is -2.44. The monoisotopic (exact) mass is 467 g/mol. The minimum absolute atomic E-state index is 0.0774. The summed E-state index contributed by atoms with van der Waals surface area (Å²) in [6.07, 6.45) is 2.90. The minimum atomic E-state index is -0.333. The first-order valence-corrected chi connectivity index (χ1v) is 11.8. The predicted molar refractivity (Wildman–Crippen MR) is 126 cm³/mol. The van der Waals surface area contributed by atoms with Crippen LogP contribution in [0, 0.1) is 5.82 Å². The Morgan fingerprint density at radius 3 is 2.39 bits per heavy atom. The highest BCUT2D eigenvalue weighted by molar-refractivity contribution is 7.80. The molecule has 2 aromatic carbocycles. The number of nitrogens with zero attached hydrogens (tertiary/aromatic N) is 3. The summed E-state index contributed by atoms with van der Waals surface area (Å²) in [6.45, 7) is 3.03. The number of amides is 3. The highest BCUT2D eigenvalue weighted by Gasteiger charge is 2.42. The van der Waals surface area contributed by atoms with Gasteiger partial charge in [-0.2, -0.15) is 0 Å². The maximum absolute atomic E-state index is 14.6. The third-order valence-corrected chi connectivity index (χ3v) is 7.15. The summed E-state index contributed by atoms with van der Waals surface area (Å²) in [5, 5.41) is 0. The summed E-state index contributed by atoms with van der Waals surface area (Å²) in [5.74, 6) is -0.434. The van der Waals surface area contributed by atoms with Gasteiger partial charge in [0.1, 0.15) is 17.4 Å². The van der Waals surface area contributed by atoms with Crippen LogP contribution in [0.2, 0.25) is 0 Å². The second-order valence-corrected chi connectivity index (χ2v) is 9.17. The second kappa shape index (κ2) is 9.19. The lowest BCUT2D eigenvalue weighted by Gasteiger charge is -2.32. The van der Waals surface area contributed by atoms with Crippen LogP contribution in [0.4, 0.5) is 9.18 Å². The van der Waals surface area contributed by atoms with E-state index in [4.69, 9.17) is 17.0 Å². The van der Waals surface area contributed by atoms with E-state index in [1.807, 2.05) is 29.2 Å². The highest BCUT2D eigenvalue weighted by Crippen LogP contribution is 2.29. The average Bonchev–Trinajstić information content (AvgIpc) is 3.07. The van der Waals surface area contributed by atoms with Crippen molar-refractivity contribution in [1.82, 2.24) is 14.7 Å². The molecular formula is C25H26FN3O3S.